The quantitative estimate of drug-likeness (QED) is 0.151. The third-order valence-electron chi connectivity index (χ3n) is 8.88. The van der Waals surface area contributed by atoms with Crippen molar-refractivity contribution in [2.24, 2.45) is 0 Å². The van der Waals surface area contributed by atoms with Crippen molar-refractivity contribution in [2.75, 3.05) is 12.0 Å². The minimum atomic E-state index is -0.700. The zero-order valence-electron chi connectivity index (χ0n) is 24.5. The number of nitrogens with one attached hydrogen (secondary N) is 2. The molecule has 0 saturated heterocycles. The summed E-state index contributed by atoms with van der Waals surface area (Å²) in [5.41, 5.74) is 13.4. The van der Waals surface area contributed by atoms with Crippen LogP contribution < -0.4 is 10.6 Å². The number of amides is 1. The fourth-order valence-electron chi connectivity index (χ4n) is 6.81. The van der Waals surface area contributed by atoms with Crippen molar-refractivity contribution in [1.29, 1.82) is 0 Å². The highest BCUT2D eigenvalue weighted by Gasteiger charge is 2.31. The van der Waals surface area contributed by atoms with E-state index in [0.29, 0.717) is 18.1 Å². The molecular weight excluding hydrogens is 572 g/mol. The molecule has 9 rings (SSSR count). The van der Waals surface area contributed by atoms with E-state index in [1.807, 2.05) is 59.1 Å². The second kappa shape index (κ2) is 10.1. The standard InChI is InChI=1S/C39H26N4O3/c44-38(39(45)41-27-15-12-25(13-16-27)31-22-46-23-40-31)34-21-30(32-10-4-6-18-42(32)34)37-35-26-14-17-28(24-8-2-1-3-9-24)29(20-26)36(35)33-11-5-7-19-43(33)37/h1-22,40H,23H2,(H,41,45). The van der Waals surface area contributed by atoms with Crippen LogP contribution in [0.5, 0.6) is 0 Å². The Bertz CT molecular complexity index is 2400. The van der Waals surface area contributed by atoms with E-state index in [9.17, 15) is 9.59 Å². The Labute approximate surface area is 264 Å². The molecule has 5 heterocycles. The van der Waals surface area contributed by atoms with Crippen molar-refractivity contribution < 1.29 is 14.3 Å². The minimum Gasteiger partial charge on any atom is -0.479 e. The van der Waals surface area contributed by atoms with Crippen LogP contribution in [-0.2, 0) is 9.53 Å². The Kier molecular flexibility index (Phi) is 5.73. The molecule has 220 valence electrons. The highest BCUT2D eigenvalue weighted by atomic mass is 16.5. The maximum Gasteiger partial charge on any atom is 0.298 e. The Morgan fingerprint density at radius 2 is 1.39 bits per heavy atom. The lowest BCUT2D eigenvalue weighted by Crippen LogP contribution is -2.24. The minimum absolute atomic E-state index is 0.298. The summed E-state index contributed by atoms with van der Waals surface area (Å²) >= 11 is 0. The third kappa shape index (κ3) is 3.92. The number of carbonyl (C=O) groups excluding carboxylic acids is 2. The molecule has 2 bridgehead atoms. The van der Waals surface area contributed by atoms with Gasteiger partial charge in [0.1, 0.15) is 6.26 Å². The van der Waals surface area contributed by atoms with E-state index in [1.54, 1.807) is 18.4 Å². The van der Waals surface area contributed by atoms with Crippen molar-refractivity contribution in [3.05, 3.63) is 145 Å². The molecule has 1 aliphatic heterocycles. The molecule has 46 heavy (non-hydrogen) atoms. The first-order chi connectivity index (χ1) is 22.7. The van der Waals surface area contributed by atoms with Gasteiger partial charge in [-0.3, -0.25) is 9.59 Å². The van der Waals surface area contributed by atoms with Crippen LogP contribution >= 0.6 is 0 Å². The van der Waals surface area contributed by atoms with Gasteiger partial charge in [0.2, 0.25) is 0 Å². The summed E-state index contributed by atoms with van der Waals surface area (Å²) in [4.78, 5) is 27.2. The van der Waals surface area contributed by atoms with Crippen molar-refractivity contribution in [3.63, 3.8) is 0 Å². The summed E-state index contributed by atoms with van der Waals surface area (Å²) < 4.78 is 9.26. The summed E-state index contributed by atoms with van der Waals surface area (Å²) in [5, 5.41) is 5.92. The molecule has 0 saturated carbocycles. The van der Waals surface area contributed by atoms with Crippen molar-refractivity contribution in [1.82, 2.24) is 14.1 Å². The van der Waals surface area contributed by atoms with Crippen LogP contribution in [-0.4, -0.2) is 27.2 Å². The number of ketones is 1. The topological polar surface area (TPSA) is 76.2 Å². The van der Waals surface area contributed by atoms with Gasteiger partial charge in [-0.2, -0.15) is 0 Å². The SMILES string of the molecule is O=C(Nc1ccc(C2=COCN2)cc1)C(=O)c1cc(-c2c3c(c4ccccn24)-c2cc-3ccc2-c2ccccc2)c2ccccn12. The first kappa shape index (κ1) is 26.1. The van der Waals surface area contributed by atoms with E-state index in [1.165, 1.54) is 16.7 Å². The molecule has 2 aliphatic rings. The smallest absolute Gasteiger partial charge is 0.298 e. The van der Waals surface area contributed by atoms with Gasteiger partial charge in [0.25, 0.3) is 11.7 Å². The molecule has 0 fully saturated rings. The molecule has 0 radical (unpaired) electrons. The average Bonchev–Trinajstić information content (AvgIpc) is 3.89. The first-order valence-corrected chi connectivity index (χ1v) is 15.1. The van der Waals surface area contributed by atoms with Crippen LogP contribution in [0.1, 0.15) is 16.1 Å². The van der Waals surface area contributed by atoms with E-state index in [2.05, 4.69) is 75.8 Å². The van der Waals surface area contributed by atoms with Crippen LogP contribution in [0.3, 0.4) is 0 Å². The number of benzene rings is 3. The normalized spacial score (nSPS) is 12.9. The number of hydrogen-bond acceptors (Lipinski definition) is 4. The molecule has 0 atom stereocenters. The second-order valence-electron chi connectivity index (χ2n) is 11.5. The van der Waals surface area contributed by atoms with Gasteiger partial charge in [-0.25, -0.2) is 0 Å². The predicted molar refractivity (Wildman–Crippen MR) is 180 cm³/mol. The summed E-state index contributed by atoms with van der Waals surface area (Å²) in [5.74, 6) is -1.32. The molecule has 3 aromatic carbocycles. The van der Waals surface area contributed by atoms with Gasteiger partial charge in [0, 0.05) is 40.3 Å². The van der Waals surface area contributed by atoms with E-state index < -0.39 is 11.7 Å². The molecule has 7 aromatic rings. The van der Waals surface area contributed by atoms with E-state index in [-0.39, 0.29) is 0 Å². The monoisotopic (exact) mass is 598 g/mol. The second-order valence-corrected chi connectivity index (χ2v) is 11.5. The number of carbonyl (C=O) groups is 2. The molecule has 7 nitrogen and oxygen atoms in total. The van der Waals surface area contributed by atoms with Crippen molar-refractivity contribution >= 4 is 34.1 Å². The first-order valence-electron chi connectivity index (χ1n) is 15.1. The maximum atomic E-state index is 13.8. The highest BCUT2D eigenvalue weighted by Crippen LogP contribution is 2.53. The number of ether oxygens (including phenoxy) is 1. The van der Waals surface area contributed by atoms with Gasteiger partial charge >= 0.3 is 0 Å². The Balaban J connectivity index is 1.14. The summed E-state index contributed by atoms with van der Waals surface area (Å²) in [6.45, 7) is 0.429. The van der Waals surface area contributed by atoms with Gasteiger partial charge in [0.15, 0.2) is 6.73 Å². The lowest BCUT2D eigenvalue weighted by molar-refractivity contribution is -0.112. The third-order valence-corrected chi connectivity index (χ3v) is 8.88. The van der Waals surface area contributed by atoms with Gasteiger partial charge in [0.05, 0.1) is 28.1 Å². The number of hydrogen-bond donors (Lipinski definition) is 2. The van der Waals surface area contributed by atoms with Crippen LogP contribution in [0.25, 0.3) is 61.4 Å². The molecule has 1 aliphatic carbocycles. The number of anilines is 1. The van der Waals surface area contributed by atoms with Crippen LogP contribution in [0.4, 0.5) is 5.69 Å². The average molecular weight is 599 g/mol. The predicted octanol–water partition coefficient (Wildman–Crippen LogP) is 7.87. The van der Waals surface area contributed by atoms with Crippen molar-refractivity contribution in [3.8, 4) is 44.6 Å². The maximum absolute atomic E-state index is 13.8. The number of nitrogens with zero attached hydrogens (tertiary/aromatic N) is 2. The fourth-order valence-corrected chi connectivity index (χ4v) is 6.81. The molecule has 0 spiro atoms. The zero-order valence-corrected chi connectivity index (χ0v) is 24.5. The number of Topliss-reactive ketones (excluding diaryl/α,β-unsaturated/α-hetero) is 1. The largest absolute Gasteiger partial charge is 0.479 e. The Morgan fingerprint density at radius 3 is 2.17 bits per heavy atom. The molecule has 2 N–H and O–H groups in total. The van der Waals surface area contributed by atoms with Crippen LogP contribution in [0, 0.1) is 0 Å². The number of pyridine rings is 2. The summed E-state index contributed by atoms with van der Waals surface area (Å²) in [6, 6.07) is 38.3. The van der Waals surface area contributed by atoms with E-state index in [4.69, 9.17) is 4.74 Å². The van der Waals surface area contributed by atoms with Crippen LogP contribution in [0.15, 0.2) is 134 Å². The zero-order chi connectivity index (χ0) is 30.8. The molecule has 7 heteroatoms. The van der Waals surface area contributed by atoms with Gasteiger partial charge < -0.3 is 24.2 Å². The van der Waals surface area contributed by atoms with Crippen molar-refractivity contribution in [2.45, 2.75) is 0 Å². The highest BCUT2D eigenvalue weighted by molar-refractivity contribution is 6.46. The van der Waals surface area contributed by atoms with Gasteiger partial charge in [-0.1, -0.05) is 66.7 Å². The number of aromatic nitrogens is 2. The number of fused-ring (bicyclic) bond motifs is 8. The van der Waals surface area contributed by atoms with Gasteiger partial charge in [-0.15, -0.1) is 0 Å². The molecular formula is C39H26N4O3. The van der Waals surface area contributed by atoms with Gasteiger partial charge in [-0.05, 0) is 70.8 Å². The van der Waals surface area contributed by atoms with E-state index in [0.717, 1.165) is 50.2 Å². The Hall–Kier alpha value is -6.34. The lowest BCUT2D eigenvalue weighted by Gasteiger charge is -2.08. The summed E-state index contributed by atoms with van der Waals surface area (Å²) in [6.07, 6.45) is 5.57. The lowest BCUT2D eigenvalue weighted by atomic mass is 9.98. The fraction of sp³-hybridized carbons (Fsp3) is 0.0256. The molecule has 4 aromatic heterocycles. The molecule has 0 unspecified atom stereocenters. The summed E-state index contributed by atoms with van der Waals surface area (Å²) in [7, 11) is 0. The van der Waals surface area contributed by atoms with E-state index >= 15 is 0 Å². The molecule has 1 amide bonds. The number of rotatable bonds is 6. The Morgan fingerprint density at radius 1 is 0.652 bits per heavy atom. The van der Waals surface area contributed by atoms with Crippen LogP contribution in [0.2, 0.25) is 0 Å².